The van der Waals surface area contributed by atoms with Crippen LogP contribution in [0.3, 0.4) is 0 Å². The summed E-state index contributed by atoms with van der Waals surface area (Å²) in [4.78, 5) is 22.0. The van der Waals surface area contributed by atoms with E-state index < -0.39 is 0 Å². The molecule has 20 heavy (non-hydrogen) atoms. The molecule has 0 aromatic carbocycles. The first-order valence-corrected chi connectivity index (χ1v) is 5.23. The molecule has 2 aromatic rings. The fourth-order valence-corrected chi connectivity index (χ4v) is 1.04. The summed E-state index contributed by atoms with van der Waals surface area (Å²) in [5, 5.41) is 0. The lowest BCUT2D eigenvalue weighted by Crippen LogP contribution is -2.03. The summed E-state index contributed by atoms with van der Waals surface area (Å²) in [6, 6.07) is 0. The van der Waals surface area contributed by atoms with E-state index in [0.29, 0.717) is 11.6 Å². The second-order valence-electron chi connectivity index (χ2n) is 3.23. The maximum Gasteiger partial charge on any atom is 0.225 e. The summed E-state index contributed by atoms with van der Waals surface area (Å²) in [6.45, 7) is 6.90. The second-order valence-corrected chi connectivity index (χ2v) is 3.23. The minimum absolute atomic E-state index is 0.113. The summed E-state index contributed by atoms with van der Waals surface area (Å²) in [7, 11) is 0. The highest BCUT2D eigenvalue weighted by atomic mass is 15.1. The van der Waals surface area contributed by atoms with Gasteiger partial charge < -0.3 is 22.9 Å². The van der Waals surface area contributed by atoms with E-state index in [9.17, 15) is 0 Å². The zero-order valence-electron chi connectivity index (χ0n) is 10.6. The van der Waals surface area contributed by atoms with E-state index >= 15 is 0 Å². The van der Waals surface area contributed by atoms with Crippen molar-refractivity contribution in [3.63, 3.8) is 0 Å². The average Bonchev–Trinajstić information content (AvgIpc) is 2.37. The molecule has 0 amide bonds. The highest BCUT2D eigenvalue weighted by Gasteiger charge is 1.95. The van der Waals surface area contributed by atoms with Gasteiger partial charge in [-0.25, -0.2) is 0 Å². The third-order valence-corrected chi connectivity index (χ3v) is 1.74. The van der Waals surface area contributed by atoms with Gasteiger partial charge in [0, 0.05) is 0 Å². The van der Waals surface area contributed by atoms with Crippen LogP contribution in [0.2, 0.25) is 0 Å². The molecule has 0 aliphatic rings. The molecule has 0 aliphatic carbocycles. The predicted octanol–water partition coefficient (Wildman–Crippen LogP) is -0.642. The highest BCUT2D eigenvalue weighted by Crippen LogP contribution is 1.99. The van der Waals surface area contributed by atoms with Crippen molar-refractivity contribution in [1.82, 2.24) is 29.9 Å². The number of anilines is 4. The molecule has 10 heteroatoms. The molecular weight excluding hydrogens is 260 g/mol. The molecule has 10 nitrogen and oxygen atoms in total. The number of nitrogen functional groups attached to an aromatic ring is 4. The summed E-state index contributed by atoms with van der Waals surface area (Å²) in [6.07, 6.45) is 2.91. The Morgan fingerprint density at radius 2 is 0.800 bits per heavy atom. The molecule has 0 unspecified atom stereocenters. The largest absolute Gasteiger partial charge is 0.368 e. The predicted molar refractivity (Wildman–Crippen MR) is 77.5 cm³/mol. The molecule has 0 saturated carbocycles. The maximum absolute atomic E-state index is 5.24. The summed E-state index contributed by atoms with van der Waals surface area (Å²) >= 11 is 0. The van der Waals surface area contributed by atoms with Crippen molar-refractivity contribution >= 4 is 35.9 Å². The van der Waals surface area contributed by atoms with E-state index in [1.807, 2.05) is 0 Å². The zero-order valence-corrected chi connectivity index (χ0v) is 10.6. The second kappa shape index (κ2) is 6.58. The van der Waals surface area contributed by atoms with Crippen molar-refractivity contribution in [2.75, 3.05) is 22.9 Å². The van der Waals surface area contributed by atoms with Crippen molar-refractivity contribution in [3.05, 3.63) is 24.8 Å². The van der Waals surface area contributed by atoms with Crippen LogP contribution in [0.4, 0.5) is 23.8 Å². The van der Waals surface area contributed by atoms with Crippen LogP contribution in [-0.4, -0.2) is 29.9 Å². The topological polar surface area (TPSA) is 181 Å². The standard InChI is InChI=1S/2C5H7N5/c2*1-2-3-8-4(6)10-5(7)9-3/h2*2H,1H2,(H4,6,7,8,9,10). The Morgan fingerprint density at radius 1 is 0.550 bits per heavy atom. The molecule has 0 bridgehead atoms. The van der Waals surface area contributed by atoms with Gasteiger partial charge in [-0.3, -0.25) is 0 Å². The van der Waals surface area contributed by atoms with Crippen LogP contribution in [0.15, 0.2) is 13.2 Å². The van der Waals surface area contributed by atoms with Gasteiger partial charge in [0.1, 0.15) is 0 Å². The van der Waals surface area contributed by atoms with Gasteiger partial charge >= 0.3 is 0 Å². The minimum atomic E-state index is 0.113. The Morgan fingerprint density at radius 3 is 1.00 bits per heavy atom. The Hall–Kier alpha value is -3.30. The number of rotatable bonds is 2. The van der Waals surface area contributed by atoms with Crippen LogP contribution < -0.4 is 22.9 Å². The number of nitrogens with two attached hydrogens (primary N) is 4. The normalized spacial score (nSPS) is 9.20. The summed E-state index contributed by atoms with van der Waals surface area (Å²) in [5.41, 5.74) is 21.0. The lowest BCUT2D eigenvalue weighted by Gasteiger charge is -1.94. The van der Waals surface area contributed by atoms with E-state index in [-0.39, 0.29) is 23.8 Å². The fraction of sp³-hybridized carbons (Fsp3) is 0. The molecule has 0 fully saturated rings. The van der Waals surface area contributed by atoms with Crippen molar-refractivity contribution in [2.24, 2.45) is 0 Å². The van der Waals surface area contributed by atoms with E-state index in [2.05, 4.69) is 43.1 Å². The Labute approximate surface area is 114 Å². The zero-order chi connectivity index (χ0) is 15.1. The monoisotopic (exact) mass is 274 g/mol. The lowest BCUT2D eigenvalue weighted by molar-refractivity contribution is 1.06. The summed E-state index contributed by atoms with van der Waals surface area (Å²) < 4.78 is 0. The van der Waals surface area contributed by atoms with Gasteiger partial charge in [-0.05, 0) is 12.2 Å². The van der Waals surface area contributed by atoms with Gasteiger partial charge in [-0.1, -0.05) is 13.2 Å². The molecule has 104 valence electrons. The summed E-state index contributed by atoms with van der Waals surface area (Å²) in [5.74, 6) is 1.24. The third-order valence-electron chi connectivity index (χ3n) is 1.74. The number of aromatic nitrogens is 6. The molecule has 0 atom stereocenters. The number of hydrogen-bond acceptors (Lipinski definition) is 10. The molecular formula is C10H14N10. The van der Waals surface area contributed by atoms with E-state index in [0.717, 1.165) is 0 Å². The van der Waals surface area contributed by atoms with Crippen molar-refractivity contribution in [1.29, 1.82) is 0 Å². The van der Waals surface area contributed by atoms with Gasteiger partial charge in [-0.2, -0.15) is 29.9 Å². The van der Waals surface area contributed by atoms with Crippen LogP contribution in [-0.2, 0) is 0 Å². The van der Waals surface area contributed by atoms with Crippen molar-refractivity contribution < 1.29 is 0 Å². The lowest BCUT2D eigenvalue weighted by atomic mass is 10.6. The first-order valence-electron chi connectivity index (χ1n) is 5.23. The first-order chi connectivity index (χ1) is 9.44. The Kier molecular flexibility index (Phi) is 4.86. The van der Waals surface area contributed by atoms with E-state index in [4.69, 9.17) is 22.9 Å². The molecule has 2 heterocycles. The van der Waals surface area contributed by atoms with Crippen molar-refractivity contribution in [3.8, 4) is 0 Å². The Bertz CT molecular complexity index is 527. The highest BCUT2D eigenvalue weighted by molar-refractivity contribution is 5.41. The van der Waals surface area contributed by atoms with Crippen LogP contribution in [0.5, 0.6) is 0 Å². The van der Waals surface area contributed by atoms with Crippen LogP contribution in [0.1, 0.15) is 11.6 Å². The molecule has 0 radical (unpaired) electrons. The number of nitrogens with zero attached hydrogens (tertiary/aromatic N) is 6. The molecule has 2 aromatic heterocycles. The van der Waals surface area contributed by atoms with Crippen LogP contribution in [0, 0.1) is 0 Å². The van der Waals surface area contributed by atoms with E-state index in [1.54, 1.807) is 0 Å². The van der Waals surface area contributed by atoms with Crippen LogP contribution in [0.25, 0.3) is 12.2 Å². The van der Waals surface area contributed by atoms with Gasteiger partial charge in [0.05, 0.1) is 0 Å². The molecule has 2 rings (SSSR count). The fourth-order valence-electron chi connectivity index (χ4n) is 1.04. The molecule has 0 aliphatic heterocycles. The maximum atomic E-state index is 5.24. The van der Waals surface area contributed by atoms with Gasteiger partial charge in [-0.15, -0.1) is 0 Å². The third kappa shape index (κ3) is 4.52. The van der Waals surface area contributed by atoms with E-state index in [1.165, 1.54) is 12.2 Å². The number of hydrogen-bond donors (Lipinski definition) is 4. The molecule has 8 N–H and O–H groups in total. The smallest absolute Gasteiger partial charge is 0.225 e. The van der Waals surface area contributed by atoms with Crippen LogP contribution >= 0.6 is 0 Å². The molecule has 0 spiro atoms. The minimum Gasteiger partial charge on any atom is -0.368 e. The Balaban J connectivity index is 0.000000200. The van der Waals surface area contributed by atoms with Crippen molar-refractivity contribution in [2.45, 2.75) is 0 Å². The van der Waals surface area contributed by atoms with Gasteiger partial charge in [0.2, 0.25) is 23.8 Å². The quantitative estimate of drug-likeness (QED) is 0.549. The molecule has 0 saturated heterocycles. The average molecular weight is 274 g/mol. The van der Waals surface area contributed by atoms with Gasteiger partial charge in [0.25, 0.3) is 0 Å². The van der Waals surface area contributed by atoms with Gasteiger partial charge in [0.15, 0.2) is 11.6 Å². The first kappa shape index (κ1) is 14.8. The SMILES string of the molecule is C=Cc1nc(N)nc(N)n1.C=Cc1nc(N)nc(N)n1.